The molecule has 9 heteroatoms. The van der Waals surface area contributed by atoms with Crippen molar-refractivity contribution < 1.29 is 14.3 Å². The molecule has 2 unspecified atom stereocenters. The normalized spacial score (nSPS) is 18.0. The summed E-state index contributed by atoms with van der Waals surface area (Å²) in [5.74, 6) is -1.94. The Morgan fingerprint density at radius 3 is 2.69 bits per heavy atom. The van der Waals surface area contributed by atoms with Crippen molar-refractivity contribution in [2.45, 2.75) is 38.6 Å². The van der Waals surface area contributed by atoms with Gasteiger partial charge in [-0.25, -0.2) is 9.78 Å². The summed E-state index contributed by atoms with van der Waals surface area (Å²) in [6, 6.07) is 8.00. The van der Waals surface area contributed by atoms with Gasteiger partial charge >= 0.3 is 5.97 Å². The van der Waals surface area contributed by atoms with E-state index in [0.717, 1.165) is 21.7 Å². The standard InChI is InChI=1S/C23H22N4O3S2/c1-5-29-23(28)20-17(11-32-22-15(9-24)13(3)12(2)14(4)27-22)30-21(26)16(10-25)19(20)18-7-6-8-31-18/h6-8,16,19,26H,5,11H2,1-4H3. The average Bonchev–Trinajstić information content (AvgIpc) is 3.30. The molecule has 2 aromatic heterocycles. The van der Waals surface area contributed by atoms with Gasteiger partial charge in [0.05, 0.1) is 35.5 Å². The largest absolute Gasteiger partial charge is 0.463 e. The molecule has 0 amide bonds. The number of carbonyl (C=O) groups excluding carboxylic acids is 1. The summed E-state index contributed by atoms with van der Waals surface area (Å²) in [6.07, 6.45) is 0. The van der Waals surface area contributed by atoms with Crippen molar-refractivity contribution in [2.24, 2.45) is 5.92 Å². The lowest BCUT2D eigenvalue weighted by molar-refractivity contribution is -0.139. The molecule has 1 N–H and O–H groups in total. The van der Waals surface area contributed by atoms with E-state index >= 15 is 0 Å². The van der Waals surface area contributed by atoms with Gasteiger partial charge in [-0.1, -0.05) is 17.8 Å². The van der Waals surface area contributed by atoms with E-state index in [-0.39, 0.29) is 29.6 Å². The first-order valence-electron chi connectivity index (χ1n) is 9.94. The molecule has 164 valence electrons. The molecule has 0 saturated carbocycles. The second kappa shape index (κ2) is 9.99. The minimum atomic E-state index is -0.932. The van der Waals surface area contributed by atoms with E-state index in [0.29, 0.717) is 10.6 Å². The highest BCUT2D eigenvalue weighted by molar-refractivity contribution is 7.99. The lowest BCUT2D eigenvalue weighted by Gasteiger charge is -2.30. The summed E-state index contributed by atoms with van der Waals surface area (Å²) in [5.41, 5.74) is 3.36. The number of carbonyl (C=O) groups is 1. The van der Waals surface area contributed by atoms with Crippen LogP contribution >= 0.6 is 23.1 Å². The van der Waals surface area contributed by atoms with Crippen LogP contribution in [0.2, 0.25) is 0 Å². The third kappa shape index (κ3) is 4.40. The first kappa shape index (κ1) is 23.5. The van der Waals surface area contributed by atoms with Crippen molar-refractivity contribution in [1.29, 1.82) is 15.9 Å². The molecular weight excluding hydrogens is 444 g/mol. The highest BCUT2D eigenvalue weighted by Gasteiger charge is 2.43. The fraction of sp³-hybridized carbons (Fsp3) is 0.348. The fourth-order valence-corrected chi connectivity index (χ4v) is 5.39. The summed E-state index contributed by atoms with van der Waals surface area (Å²) >= 11 is 2.67. The maximum Gasteiger partial charge on any atom is 0.338 e. The van der Waals surface area contributed by atoms with E-state index in [1.54, 1.807) is 6.92 Å². The van der Waals surface area contributed by atoms with Crippen molar-refractivity contribution in [2.75, 3.05) is 12.4 Å². The number of ether oxygens (including phenoxy) is 2. The Morgan fingerprint density at radius 1 is 1.34 bits per heavy atom. The number of nitrogens with zero attached hydrogens (tertiary/aromatic N) is 3. The lowest BCUT2D eigenvalue weighted by Crippen LogP contribution is -2.34. The van der Waals surface area contributed by atoms with Gasteiger partial charge in [-0.15, -0.1) is 11.3 Å². The zero-order valence-electron chi connectivity index (χ0n) is 18.2. The zero-order chi connectivity index (χ0) is 23.4. The quantitative estimate of drug-likeness (QED) is 0.480. The predicted octanol–water partition coefficient (Wildman–Crippen LogP) is 4.78. The van der Waals surface area contributed by atoms with Gasteiger partial charge in [-0.05, 0) is 50.3 Å². The van der Waals surface area contributed by atoms with Crippen LogP contribution in [0.3, 0.4) is 0 Å². The molecule has 32 heavy (non-hydrogen) atoms. The van der Waals surface area contributed by atoms with Crippen molar-refractivity contribution >= 4 is 35.0 Å². The summed E-state index contributed by atoms with van der Waals surface area (Å²) in [4.78, 5) is 18.3. The van der Waals surface area contributed by atoms with Crippen LogP contribution in [0.1, 0.15) is 40.1 Å². The SMILES string of the molecule is CCOC(=O)C1=C(CSc2nc(C)c(C)c(C)c2C#N)OC(=N)C(C#N)C1c1cccs1. The number of nitrogens with one attached hydrogen (secondary N) is 1. The predicted molar refractivity (Wildman–Crippen MR) is 123 cm³/mol. The molecule has 1 aliphatic rings. The number of thioether (sulfide) groups is 1. The highest BCUT2D eigenvalue weighted by Crippen LogP contribution is 2.43. The molecule has 0 spiro atoms. The van der Waals surface area contributed by atoms with Crippen molar-refractivity contribution in [3.8, 4) is 12.1 Å². The van der Waals surface area contributed by atoms with Crippen LogP contribution in [0.4, 0.5) is 0 Å². The second-order valence-corrected chi connectivity index (χ2v) is 9.09. The number of esters is 1. The molecule has 3 rings (SSSR count). The minimum Gasteiger partial charge on any atom is -0.463 e. The van der Waals surface area contributed by atoms with Crippen molar-refractivity contribution in [3.63, 3.8) is 0 Å². The summed E-state index contributed by atoms with van der Waals surface area (Å²) in [6.45, 7) is 7.57. The van der Waals surface area contributed by atoms with Crippen LogP contribution in [0.5, 0.6) is 0 Å². The van der Waals surface area contributed by atoms with E-state index in [9.17, 15) is 15.3 Å². The molecule has 1 aliphatic heterocycles. The Balaban J connectivity index is 2.08. The highest BCUT2D eigenvalue weighted by atomic mass is 32.2. The molecule has 0 fully saturated rings. The van der Waals surface area contributed by atoms with Crippen LogP contribution < -0.4 is 0 Å². The van der Waals surface area contributed by atoms with Gasteiger partial charge in [-0.3, -0.25) is 5.41 Å². The smallest absolute Gasteiger partial charge is 0.338 e. The summed E-state index contributed by atoms with van der Waals surface area (Å²) in [5, 5.41) is 30.1. The van der Waals surface area contributed by atoms with Crippen LogP contribution in [-0.4, -0.2) is 29.2 Å². The maximum absolute atomic E-state index is 13.0. The lowest BCUT2D eigenvalue weighted by atomic mass is 9.82. The molecule has 0 saturated heterocycles. The summed E-state index contributed by atoms with van der Waals surface area (Å²) < 4.78 is 11.0. The average molecular weight is 467 g/mol. The minimum absolute atomic E-state index is 0.167. The second-order valence-electron chi connectivity index (χ2n) is 7.15. The van der Waals surface area contributed by atoms with E-state index in [1.807, 2.05) is 38.3 Å². The van der Waals surface area contributed by atoms with Gasteiger partial charge in [0, 0.05) is 10.6 Å². The first-order valence-corrected chi connectivity index (χ1v) is 11.8. The van der Waals surface area contributed by atoms with Gasteiger partial charge in [0.25, 0.3) is 0 Å². The number of thiophene rings is 1. The van der Waals surface area contributed by atoms with Crippen LogP contribution in [-0.2, 0) is 14.3 Å². The van der Waals surface area contributed by atoms with E-state index in [4.69, 9.17) is 14.9 Å². The molecule has 7 nitrogen and oxygen atoms in total. The Bertz CT molecular complexity index is 1170. The number of hydrogen-bond acceptors (Lipinski definition) is 9. The number of aryl methyl sites for hydroxylation is 1. The van der Waals surface area contributed by atoms with Crippen molar-refractivity contribution in [3.05, 3.63) is 56.1 Å². The van der Waals surface area contributed by atoms with Gasteiger partial charge in [0.15, 0.2) is 0 Å². The molecule has 2 atom stereocenters. The molecular formula is C23H22N4O3S2. The van der Waals surface area contributed by atoms with Gasteiger partial charge in [0.1, 0.15) is 22.8 Å². The molecule has 0 radical (unpaired) electrons. The number of rotatable bonds is 6. The van der Waals surface area contributed by atoms with Crippen molar-refractivity contribution in [1.82, 2.24) is 4.98 Å². The van der Waals surface area contributed by atoms with Crippen LogP contribution in [0.15, 0.2) is 33.9 Å². The Hall–Kier alpha value is -3.14. The Kier molecular flexibility index (Phi) is 7.34. The fourth-order valence-electron chi connectivity index (χ4n) is 3.49. The van der Waals surface area contributed by atoms with Gasteiger partial charge < -0.3 is 9.47 Å². The number of hydrogen-bond donors (Lipinski definition) is 1. The monoisotopic (exact) mass is 466 g/mol. The first-order chi connectivity index (χ1) is 15.3. The van der Waals surface area contributed by atoms with Gasteiger partial charge in [0.2, 0.25) is 5.90 Å². The van der Waals surface area contributed by atoms with Crippen LogP contribution in [0, 0.1) is 54.8 Å². The molecule has 2 aromatic rings. The Labute approximate surface area is 195 Å². The zero-order valence-corrected chi connectivity index (χ0v) is 19.8. The molecule has 0 aromatic carbocycles. The molecule has 0 aliphatic carbocycles. The third-order valence-electron chi connectivity index (χ3n) is 5.36. The topological polar surface area (TPSA) is 120 Å². The number of aromatic nitrogens is 1. The molecule has 3 heterocycles. The summed E-state index contributed by atoms with van der Waals surface area (Å²) in [7, 11) is 0. The van der Waals surface area contributed by atoms with E-state index < -0.39 is 17.8 Å². The van der Waals surface area contributed by atoms with E-state index in [1.165, 1.54) is 23.1 Å². The Morgan fingerprint density at radius 2 is 2.09 bits per heavy atom. The number of pyridine rings is 1. The van der Waals surface area contributed by atoms with E-state index in [2.05, 4.69) is 17.1 Å². The third-order valence-corrected chi connectivity index (χ3v) is 7.29. The molecule has 0 bridgehead atoms. The number of nitriles is 2. The maximum atomic E-state index is 13.0. The van der Waals surface area contributed by atoms with Crippen LogP contribution in [0.25, 0.3) is 0 Å². The van der Waals surface area contributed by atoms with Gasteiger partial charge in [-0.2, -0.15) is 10.5 Å².